The number of anilines is 2. The van der Waals surface area contributed by atoms with Gasteiger partial charge in [0.25, 0.3) is 15.9 Å². The summed E-state index contributed by atoms with van der Waals surface area (Å²) < 4.78 is 28.5. The second-order valence-corrected chi connectivity index (χ2v) is 9.32. The van der Waals surface area contributed by atoms with Crippen molar-refractivity contribution < 1.29 is 13.2 Å². The van der Waals surface area contributed by atoms with E-state index in [1.807, 2.05) is 44.2 Å². The van der Waals surface area contributed by atoms with Crippen LogP contribution in [0.1, 0.15) is 33.5 Å². The third-order valence-electron chi connectivity index (χ3n) is 5.38. The molecule has 0 aromatic heterocycles. The predicted octanol–water partition coefficient (Wildman–Crippen LogP) is 4.70. The van der Waals surface area contributed by atoms with Gasteiger partial charge in [0.2, 0.25) is 0 Å². The first kappa shape index (κ1) is 20.2. The van der Waals surface area contributed by atoms with Gasteiger partial charge in [0, 0.05) is 23.5 Å². The molecule has 4 rings (SSSR count). The number of carbonyl (C=O) groups excluding carboxylic acids is 1. The number of sulfonamides is 1. The van der Waals surface area contributed by atoms with Crippen molar-refractivity contribution in [1.82, 2.24) is 0 Å². The summed E-state index contributed by atoms with van der Waals surface area (Å²) in [6, 6.07) is 19.7. The van der Waals surface area contributed by atoms with Crippen LogP contribution in [-0.4, -0.2) is 20.9 Å². The van der Waals surface area contributed by atoms with Crippen LogP contribution in [0.15, 0.2) is 71.6 Å². The largest absolute Gasteiger partial charge is 0.308 e. The molecule has 6 heteroatoms. The minimum absolute atomic E-state index is 0.0725. The summed E-state index contributed by atoms with van der Waals surface area (Å²) in [7, 11) is -3.81. The van der Waals surface area contributed by atoms with E-state index < -0.39 is 10.0 Å². The van der Waals surface area contributed by atoms with Crippen LogP contribution in [0.4, 0.5) is 11.4 Å². The molecule has 1 N–H and O–H groups in total. The van der Waals surface area contributed by atoms with Gasteiger partial charge in [-0.25, -0.2) is 8.42 Å². The maximum Gasteiger partial charge on any atom is 0.261 e. The lowest BCUT2D eigenvalue weighted by Crippen LogP contribution is -2.36. The van der Waals surface area contributed by atoms with E-state index in [4.69, 9.17) is 0 Å². The van der Waals surface area contributed by atoms with Gasteiger partial charge in [0.05, 0.1) is 4.90 Å². The van der Waals surface area contributed by atoms with Gasteiger partial charge in [0.1, 0.15) is 0 Å². The molecule has 0 atom stereocenters. The van der Waals surface area contributed by atoms with Gasteiger partial charge in [-0.05, 0) is 73.7 Å². The van der Waals surface area contributed by atoms with Crippen molar-refractivity contribution in [3.8, 4) is 0 Å². The number of benzene rings is 3. The van der Waals surface area contributed by atoms with Crippen molar-refractivity contribution >= 4 is 27.3 Å². The van der Waals surface area contributed by atoms with Crippen LogP contribution >= 0.6 is 0 Å². The molecular formula is C24H24N2O3S. The van der Waals surface area contributed by atoms with Gasteiger partial charge < -0.3 is 4.90 Å². The summed E-state index contributed by atoms with van der Waals surface area (Å²) in [5.74, 6) is -0.174. The highest BCUT2D eigenvalue weighted by Gasteiger charge is 2.26. The highest BCUT2D eigenvalue weighted by molar-refractivity contribution is 7.92. The van der Waals surface area contributed by atoms with Crippen LogP contribution in [0.3, 0.4) is 0 Å². The normalized spacial score (nSPS) is 13.6. The fourth-order valence-electron chi connectivity index (χ4n) is 3.81. The molecule has 1 aliphatic rings. The lowest BCUT2D eigenvalue weighted by Gasteiger charge is -2.30. The van der Waals surface area contributed by atoms with Gasteiger partial charge >= 0.3 is 0 Å². The Labute approximate surface area is 177 Å². The summed E-state index contributed by atoms with van der Waals surface area (Å²) >= 11 is 0. The Hall–Kier alpha value is -3.12. The molecule has 0 aliphatic carbocycles. The fourth-order valence-corrected chi connectivity index (χ4v) is 4.89. The second kappa shape index (κ2) is 7.95. The van der Waals surface area contributed by atoms with Crippen LogP contribution in [0.25, 0.3) is 0 Å². The quantitative estimate of drug-likeness (QED) is 0.665. The highest BCUT2D eigenvalue weighted by Crippen LogP contribution is 2.29. The average molecular weight is 421 g/mol. The Morgan fingerprint density at radius 1 is 0.967 bits per heavy atom. The lowest BCUT2D eigenvalue weighted by molar-refractivity contribution is 0.0984. The predicted molar refractivity (Wildman–Crippen MR) is 120 cm³/mol. The van der Waals surface area contributed by atoms with Gasteiger partial charge in [-0.1, -0.05) is 36.4 Å². The summed E-state index contributed by atoms with van der Waals surface area (Å²) in [6.45, 7) is 4.35. The monoisotopic (exact) mass is 420 g/mol. The van der Waals surface area contributed by atoms with Crippen LogP contribution in [0.2, 0.25) is 0 Å². The zero-order valence-corrected chi connectivity index (χ0v) is 17.9. The van der Waals surface area contributed by atoms with Crippen molar-refractivity contribution in [3.63, 3.8) is 0 Å². The van der Waals surface area contributed by atoms with Crippen LogP contribution < -0.4 is 9.62 Å². The number of fused-ring (bicyclic) bond motifs is 1. The summed E-state index contributed by atoms with van der Waals surface area (Å²) in [4.78, 5) is 15.2. The molecule has 1 aliphatic heterocycles. The van der Waals surface area contributed by atoms with Gasteiger partial charge in [0.15, 0.2) is 0 Å². The Morgan fingerprint density at radius 3 is 2.57 bits per heavy atom. The van der Waals surface area contributed by atoms with Gasteiger partial charge in [-0.15, -0.1) is 0 Å². The van der Waals surface area contributed by atoms with E-state index >= 15 is 0 Å². The Balaban J connectivity index is 1.68. The molecule has 5 nitrogen and oxygen atoms in total. The number of aryl methyl sites for hydroxylation is 3. The van der Waals surface area contributed by atoms with Crippen LogP contribution in [0.5, 0.6) is 0 Å². The first-order valence-corrected chi connectivity index (χ1v) is 11.4. The van der Waals surface area contributed by atoms with E-state index in [-0.39, 0.29) is 10.8 Å². The molecule has 0 saturated carbocycles. The average Bonchev–Trinajstić information content (AvgIpc) is 2.72. The maximum atomic E-state index is 13.4. The molecule has 0 unspecified atom stereocenters. The van der Waals surface area contributed by atoms with Crippen molar-refractivity contribution in [2.45, 2.75) is 31.6 Å². The minimum Gasteiger partial charge on any atom is -0.308 e. The number of amides is 1. The van der Waals surface area contributed by atoms with Gasteiger partial charge in [-0.3, -0.25) is 9.52 Å². The maximum absolute atomic E-state index is 13.4. The van der Waals surface area contributed by atoms with Crippen molar-refractivity contribution in [3.05, 3.63) is 89.0 Å². The van der Waals surface area contributed by atoms with Crippen molar-refractivity contribution in [1.29, 1.82) is 0 Å². The Morgan fingerprint density at radius 2 is 1.77 bits per heavy atom. The summed E-state index contributed by atoms with van der Waals surface area (Å²) in [5, 5.41) is 0. The van der Waals surface area contributed by atoms with E-state index in [0.717, 1.165) is 35.2 Å². The molecule has 0 fully saturated rings. The smallest absolute Gasteiger partial charge is 0.261 e. The highest BCUT2D eigenvalue weighted by atomic mass is 32.2. The van der Waals surface area contributed by atoms with Gasteiger partial charge in [-0.2, -0.15) is 0 Å². The topological polar surface area (TPSA) is 66.5 Å². The molecule has 30 heavy (non-hydrogen) atoms. The molecule has 154 valence electrons. The van der Waals surface area contributed by atoms with E-state index in [1.54, 1.807) is 29.2 Å². The number of hydrogen-bond acceptors (Lipinski definition) is 3. The molecule has 0 saturated heterocycles. The standard InChI is InChI=1S/C24H24N2O3S/c1-17-7-5-10-20(15-17)25-30(28,29)21-13-12-18(2)22(16-21)24(27)26-14-6-9-19-8-3-4-11-23(19)26/h3-5,7-8,10-13,15-16,25H,6,9,14H2,1-2H3. The summed E-state index contributed by atoms with van der Waals surface area (Å²) in [5.41, 5.74) is 4.64. The first-order chi connectivity index (χ1) is 14.3. The molecule has 3 aromatic carbocycles. The number of carbonyl (C=O) groups is 1. The second-order valence-electron chi connectivity index (χ2n) is 7.64. The molecule has 1 heterocycles. The molecule has 0 bridgehead atoms. The number of hydrogen-bond donors (Lipinski definition) is 1. The van der Waals surface area contributed by atoms with Crippen molar-refractivity contribution in [2.75, 3.05) is 16.2 Å². The number of rotatable bonds is 4. The number of nitrogens with one attached hydrogen (secondary N) is 1. The zero-order valence-electron chi connectivity index (χ0n) is 17.1. The molecule has 1 amide bonds. The lowest BCUT2D eigenvalue weighted by atomic mass is 10.00. The molecule has 0 spiro atoms. The minimum atomic E-state index is -3.81. The fraction of sp³-hybridized carbons (Fsp3) is 0.208. The Kier molecular flexibility index (Phi) is 5.35. The van der Waals surface area contributed by atoms with E-state index in [9.17, 15) is 13.2 Å². The number of para-hydroxylation sites is 1. The molecule has 3 aromatic rings. The third-order valence-corrected chi connectivity index (χ3v) is 6.75. The SMILES string of the molecule is Cc1cccc(NS(=O)(=O)c2ccc(C)c(C(=O)N3CCCc4ccccc43)c2)c1. The zero-order chi connectivity index (χ0) is 21.3. The number of nitrogens with zero attached hydrogens (tertiary/aromatic N) is 1. The van der Waals surface area contributed by atoms with E-state index in [1.165, 1.54) is 12.1 Å². The third kappa shape index (κ3) is 3.96. The van der Waals surface area contributed by atoms with E-state index in [2.05, 4.69) is 4.72 Å². The van der Waals surface area contributed by atoms with Crippen LogP contribution in [-0.2, 0) is 16.4 Å². The molecular weight excluding hydrogens is 396 g/mol. The van der Waals surface area contributed by atoms with Crippen LogP contribution in [0, 0.1) is 13.8 Å². The van der Waals surface area contributed by atoms with E-state index in [0.29, 0.717) is 17.8 Å². The summed E-state index contributed by atoms with van der Waals surface area (Å²) in [6.07, 6.45) is 1.82. The van der Waals surface area contributed by atoms with Crippen molar-refractivity contribution in [2.24, 2.45) is 0 Å². The first-order valence-electron chi connectivity index (χ1n) is 9.95. The molecule has 0 radical (unpaired) electrons. The Bertz CT molecular complexity index is 1220.